The van der Waals surface area contributed by atoms with Gasteiger partial charge in [-0.1, -0.05) is 121 Å². The molecule has 0 bridgehead atoms. The normalized spacial score (nSPS) is 11.6. The third kappa shape index (κ3) is 7.04. The fraction of sp³-hybridized carbons (Fsp3) is 0. The minimum atomic E-state index is 0.556. The van der Waals surface area contributed by atoms with E-state index in [2.05, 4.69) is 129 Å². The molecule has 0 saturated carbocycles. The van der Waals surface area contributed by atoms with Crippen molar-refractivity contribution >= 4 is 54.1 Å². The third-order valence-corrected chi connectivity index (χ3v) is 13.4. The first-order valence-corrected chi connectivity index (χ1v) is 23.6. The van der Waals surface area contributed by atoms with Crippen LogP contribution in [0.3, 0.4) is 0 Å². The van der Waals surface area contributed by atoms with E-state index < -0.39 is 0 Å². The highest BCUT2D eigenvalue weighted by Crippen LogP contribution is 2.43. The molecular weight excluding hydrogens is 885 g/mol. The molecule has 0 fully saturated rings. The summed E-state index contributed by atoms with van der Waals surface area (Å²) >= 11 is 0. The Hall–Kier alpha value is -10.1. The van der Waals surface area contributed by atoms with Crippen LogP contribution in [0.1, 0.15) is 0 Å². The Kier molecular flexibility index (Phi) is 9.59. The van der Waals surface area contributed by atoms with E-state index in [-0.39, 0.29) is 0 Å². The van der Waals surface area contributed by atoms with Gasteiger partial charge in [0, 0.05) is 92.5 Å². The van der Waals surface area contributed by atoms with E-state index in [0.29, 0.717) is 34.9 Å². The van der Waals surface area contributed by atoms with Gasteiger partial charge in [0.1, 0.15) is 0 Å². The molecule has 8 aromatic carbocycles. The molecule has 0 aliphatic rings. The summed E-state index contributed by atoms with van der Waals surface area (Å²) in [7, 11) is 0. The van der Waals surface area contributed by atoms with Crippen molar-refractivity contribution in [1.82, 2.24) is 49.8 Å². The number of pyridine rings is 4. The average Bonchev–Trinajstić information content (AvgIpc) is 3.46. The average molecular weight is 921 g/mol. The summed E-state index contributed by atoms with van der Waals surface area (Å²) in [5, 5.41) is 8.32. The van der Waals surface area contributed by atoms with Crippen molar-refractivity contribution in [3.8, 4) is 90.6 Å². The highest BCUT2D eigenvalue weighted by atomic mass is 15.0. The molecule has 0 amide bonds. The number of rotatable bonds is 8. The summed E-state index contributed by atoms with van der Waals surface area (Å²) in [5.74, 6) is 3.36. The van der Waals surface area contributed by atoms with E-state index in [4.69, 9.17) is 29.9 Å². The molecule has 0 aliphatic carbocycles. The van der Waals surface area contributed by atoms with Crippen LogP contribution in [-0.2, 0) is 0 Å². The minimum absolute atomic E-state index is 0.556. The van der Waals surface area contributed by atoms with Gasteiger partial charge in [0.25, 0.3) is 0 Å². The van der Waals surface area contributed by atoms with Crippen molar-refractivity contribution in [2.24, 2.45) is 0 Å². The second-order valence-electron chi connectivity index (χ2n) is 17.7. The SMILES string of the molecule is c1cncc(-c2cccc(-c3nc(-c4cccc(-c5cccnc5)c4)nc(-c4ccc5ccc6c(-c7nc(-c8cccc9ncccc89)nc(-c8cccc9ncccc89)n7)ccc7ccc4c5c76)n3)c2)c1. The lowest BCUT2D eigenvalue weighted by molar-refractivity contribution is 1.08. The molecule has 0 aliphatic heterocycles. The Morgan fingerprint density at radius 3 is 1.08 bits per heavy atom. The molecule has 72 heavy (non-hydrogen) atoms. The molecule has 6 aromatic heterocycles. The van der Waals surface area contributed by atoms with Gasteiger partial charge in [-0.25, -0.2) is 29.9 Å². The molecule has 334 valence electrons. The summed E-state index contributed by atoms with van der Waals surface area (Å²) < 4.78 is 0. The monoisotopic (exact) mass is 920 g/mol. The highest BCUT2D eigenvalue weighted by Gasteiger charge is 2.22. The van der Waals surface area contributed by atoms with Gasteiger partial charge in [-0.15, -0.1) is 0 Å². The topological polar surface area (TPSA) is 129 Å². The Labute approximate surface area is 411 Å². The molecule has 0 spiro atoms. The van der Waals surface area contributed by atoms with Gasteiger partial charge in [-0.3, -0.25) is 19.9 Å². The van der Waals surface area contributed by atoms with E-state index in [0.717, 1.165) is 110 Å². The van der Waals surface area contributed by atoms with Crippen molar-refractivity contribution < 1.29 is 0 Å². The second kappa shape index (κ2) is 16.9. The van der Waals surface area contributed by atoms with Gasteiger partial charge >= 0.3 is 0 Å². The second-order valence-corrected chi connectivity index (χ2v) is 17.7. The van der Waals surface area contributed by atoms with Gasteiger partial charge in [-0.05, 0) is 104 Å². The van der Waals surface area contributed by atoms with Gasteiger partial charge in [-0.2, -0.15) is 0 Å². The standard InChI is InChI=1S/C62H36N10/c1-9-39(43-13-5-29-63-35-43)33-41(11-1)57-67-58(42-12-2-10-40(34-42)44-14-6-30-64-36-44)69-61(68-57)51-27-23-37-22-26-48-52(28-24-38-21-25-47(51)55(37)56(38)48)62-71-59(49-15-3-19-53-45(49)17-7-31-65-53)70-60(72-62)50-16-4-20-54-46(50)18-8-32-66-54/h1-36H. The summed E-state index contributed by atoms with van der Waals surface area (Å²) in [6.45, 7) is 0. The number of nitrogens with zero attached hydrogens (tertiary/aromatic N) is 10. The first kappa shape index (κ1) is 41.0. The van der Waals surface area contributed by atoms with Crippen molar-refractivity contribution in [1.29, 1.82) is 0 Å². The molecule has 10 heteroatoms. The van der Waals surface area contributed by atoms with Crippen LogP contribution < -0.4 is 0 Å². The molecule has 14 aromatic rings. The van der Waals surface area contributed by atoms with Crippen LogP contribution in [0, 0.1) is 0 Å². The molecule has 0 radical (unpaired) electrons. The Balaban J connectivity index is 0.974. The lowest BCUT2D eigenvalue weighted by Crippen LogP contribution is -2.02. The van der Waals surface area contributed by atoms with Crippen molar-refractivity contribution in [2.75, 3.05) is 0 Å². The number of benzene rings is 8. The molecule has 0 unspecified atom stereocenters. The summed E-state index contributed by atoms with van der Waals surface area (Å²) in [5.41, 5.74) is 11.0. The van der Waals surface area contributed by atoms with Crippen molar-refractivity contribution in [3.63, 3.8) is 0 Å². The fourth-order valence-electron chi connectivity index (χ4n) is 10.0. The number of fused-ring (bicyclic) bond motifs is 2. The van der Waals surface area contributed by atoms with Crippen LogP contribution in [0.15, 0.2) is 219 Å². The van der Waals surface area contributed by atoms with Crippen LogP contribution in [0.25, 0.3) is 145 Å². The number of hydrogen-bond donors (Lipinski definition) is 0. The molecular formula is C62H36N10. The van der Waals surface area contributed by atoms with E-state index in [1.165, 1.54) is 0 Å². The molecule has 6 heterocycles. The molecule has 0 saturated heterocycles. The first-order valence-electron chi connectivity index (χ1n) is 23.6. The predicted octanol–water partition coefficient (Wildman–Crippen LogP) is 14.2. The van der Waals surface area contributed by atoms with Crippen LogP contribution in [0.2, 0.25) is 0 Å². The van der Waals surface area contributed by atoms with Crippen LogP contribution in [-0.4, -0.2) is 49.8 Å². The first-order chi connectivity index (χ1) is 35.7. The molecule has 14 rings (SSSR count). The Morgan fingerprint density at radius 1 is 0.250 bits per heavy atom. The van der Waals surface area contributed by atoms with Gasteiger partial charge in [0.05, 0.1) is 11.0 Å². The maximum atomic E-state index is 5.31. The van der Waals surface area contributed by atoms with E-state index in [1.807, 2.05) is 85.2 Å². The van der Waals surface area contributed by atoms with Gasteiger partial charge < -0.3 is 0 Å². The minimum Gasteiger partial charge on any atom is -0.264 e. The molecule has 0 atom stereocenters. The molecule has 10 nitrogen and oxygen atoms in total. The third-order valence-electron chi connectivity index (χ3n) is 13.4. The summed E-state index contributed by atoms with van der Waals surface area (Å²) in [6.07, 6.45) is 10.9. The summed E-state index contributed by atoms with van der Waals surface area (Å²) in [4.78, 5) is 49.7. The van der Waals surface area contributed by atoms with E-state index >= 15 is 0 Å². The van der Waals surface area contributed by atoms with Crippen LogP contribution in [0.5, 0.6) is 0 Å². The van der Waals surface area contributed by atoms with Gasteiger partial charge in [0.15, 0.2) is 34.9 Å². The van der Waals surface area contributed by atoms with Crippen molar-refractivity contribution in [2.45, 2.75) is 0 Å². The summed E-state index contributed by atoms with van der Waals surface area (Å²) in [6, 6.07) is 62.1. The smallest absolute Gasteiger partial charge is 0.164 e. The Bertz CT molecular complexity index is 4200. The van der Waals surface area contributed by atoms with Crippen LogP contribution >= 0.6 is 0 Å². The highest BCUT2D eigenvalue weighted by molar-refractivity contribution is 6.27. The Morgan fingerprint density at radius 2 is 0.625 bits per heavy atom. The quantitative estimate of drug-likeness (QED) is 0.136. The number of hydrogen-bond acceptors (Lipinski definition) is 10. The number of aromatic nitrogens is 10. The van der Waals surface area contributed by atoms with E-state index in [9.17, 15) is 0 Å². The largest absolute Gasteiger partial charge is 0.264 e. The van der Waals surface area contributed by atoms with Gasteiger partial charge in [0.2, 0.25) is 0 Å². The van der Waals surface area contributed by atoms with Crippen LogP contribution in [0.4, 0.5) is 0 Å². The van der Waals surface area contributed by atoms with Crippen molar-refractivity contribution in [3.05, 3.63) is 219 Å². The maximum Gasteiger partial charge on any atom is 0.164 e. The lowest BCUT2D eigenvalue weighted by atomic mass is 9.89. The fourth-order valence-corrected chi connectivity index (χ4v) is 10.0. The zero-order valence-electron chi connectivity index (χ0n) is 38.3. The maximum absolute atomic E-state index is 5.31. The lowest BCUT2D eigenvalue weighted by Gasteiger charge is -2.17. The zero-order valence-corrected chi connectivity index (χ0v) is 38.3. The van der Waals surface area contributed by atoms with E-state index in [1.54, 1.807) is 24.8 Å². The molecule has 0 N–H and O–H groups in total. The zero-order chi connectivity index (χ0) is 47.5. The predicted molar refractivity (Wildman–Crippen MR) is 287 cm³/mol.